The van der Waals surface area contributed by atoms with Crippen molar-refractivity contribution in [2.75, 3.05) is 11.9 Å². The number of benzene rings is 2. The predicted molar refractivity (Wildman–Crippen MR) is 129 cm³/mol. The van der Waals surface area contributed by atoms with Crippen LogP contribution in [-0.2, 0) is 16.0 Å². The van der Waals surface area contributed by atoms with Crippen molar-refractivity contribution in [2.45, 2.75) is 30.8 Å². The Morgan fingerprint density at radius 2 is 1.86 bits per heavy atom. The third-order valence-corrected chi connectivity index (χ3v) is 8.27. The normalized spacial score (nSPS) is 20.8. The molecule has 13 heteroatoms. The number of carbonyl (C=O) groups excluding carboxylic acids is 1. The summed E-state index contributed by atoms with van der Waals surface area (Å²) in [6.45, 7) is -0.854. The average molecular weight is 577 g/mol. The average Bonchev–Trinajstić information content (AvgIpc) is 3.33. The Morgan fingerprint density at radius 3 is 2.51 bits per heavy atom. The van der Waals surface area contributed by atoms with E-state index in [0.717, 1.165) is 22.2 Å². The molecule has 2 aromatic heterocycles. The number of hydrogen-bond acceptors (Lipinski definition) is 7. The van der Waals surface area contributed by atoms with Gasteiger partial charge in [-0.3, -0.25) is 0 Å². The van der Waals surface area contributed by atoms with E-state index < -0.39 is 42.6 Å². The topological polar surface area (TPSA) is 136 Å². The second-order valence-electron chi connectivity index (χ2n) is 8.41. The molecule has 192 valence electrons. The number of anilines is 1. The fourth-order valence-electron chi connectivity index (χ4n) is 4.04. The molecule has 0 saturated carbocycles. The van der Waals surface area contributed by atoms with Gasteiger partial charge in [-0.1, -0.05) is 0 Å². The molecule has 3 N–H and O–H groups in total. The van der Waals surface area contributed by atoms with E-state index >= 15 is 0 Å². The summed E-state index contributed by atoms with van der Waals surface area (Å²) >= 11 is -0.178. The molecule has 1 saturated heterocycles. The van der Waals surface area contributed by atoms with Crippen LogP contribution in [0.5, 0.6) is 0 Å². The van der Waals surface area contributed by atoms with Crippen LogP contribution in [0.3, 0.4) is 0 Å². The summed E-state index contributed by atoms with van der Waals surface area (Å²) in [5.41, 5.74) is 0.171. The Kier molecular flexibility index (Phi) is 6.65. The summed E-state index contributed by atoms with van der Waals surface area (Å²) in [4.78, 5) is 41.1. The van der Waals surface area contributed by atoms with Crippen LogP contribution in [0.2, 0.25) is 0 Å². The van der Waals surface area contributed by atoms with Gasteiger partial charge in [0.15, 0.2) is 6.10 Å². The standard InChI is InChI=1S/C24H20F2N4O6Se/c25-24(26)20(33)16(12-31)36-22(24)29-10-9-18(28-23(29)35)27-19(32)11-13-5-7-14(8-6-13)30-21(34)15-3-1-2-4-17(15)37-30/h1-10,16,20,22,31,33H,11-12H2,(H,27,28,32,35). The second kappa shape index (κ2) is 9.76. The predicted octanol–water partition coefficient (Wildman–Crippen LogP) is 0.671. The molecule has 3 unspecified atom stereocenters. The third-order valence-electron chi connectivity index (χ3n) is 5.94. The Balaban J connectivity index is 1.26. The molecular weight excluding hydrogens is 557 g/mol. The van der Waals surface area contributed by atoms with Crippen molar-refractivity contribution in [3.05, 3.63) is 87.2 Å². The molecule has 0 bridgehead atoms. The number of aliphatic hydroxyl groups is 2. The number of rotatable bonds is 6. The zero-order valence-electron chi connectivity index (χ0n) is 19.0. The zero-order chi connectivity index (χ0) is 26.3. The number of ether oxygens (including phenoxy) is 1. The fraction of sp³-hybridized carbons (Fsp3) is 0.250. The Morgan fingerprint density at radius 1 is 1.14 bits per heavy atom. The Labute approximate surface area is 213 Å². The van der Waals surface area contributed by atoms with Crippen LogP contribution >= 0.6 is 0 Å². The number of fused-ring (bicyclic) bond motifs is 1. The van der Waals surface area contributed by atoms with E-state index in [-0.39, 0.29) is 32.5 Å². The first-order valence-corrected chi connectivity index (χ1v) is 12.7. The molecule has 1 fully saturated rings. The van der Waals surface area contributed by atoms with E-state index in [1.54, 1.807) is 33.9 Å². The van der Waals surface area contributed by atoms with Crippen molar-refractivity contribution < 1.29 is 28.5 Å². The summed E-state index contributed by atoms with van der Waals surface area (Å²) in [7, 11) is 0. The van der Waals surface area contributed by atoms with Gasteiger partial charge in [-0.25, -0.2) is 0 Å². The number of nitrogens with zero attached hydrogens (tertiary/aromatic N) is 3. The molecular formula is C24H20F2N4O6Se. The van der Waals surface area contributed by atoms with Crippen LogP contribution in [0.4, 0.5) is 14.6 Å². The van der Waals surface area contributed by atoms with Crippen LogP contribution in [0.1, 0.15) is 11.8 Å². The van der Waals surface area contributed by atoms with Crippen LogP contribution in [0, 0.1) is 0 Å². The number of hydrogen-bond donors (Lipinski definition) is 3. The van der Waals surface area contributed by atoms with Gasteiger partial charge in [0, 0.05) is 0 Å². The Hall–Kier alpha value is -3.48. The van der Waals surface area contributed by atoms with E-state index in [1.807, 2.05) is 18.2 Å². The van der Waals surface area contributed by atoms with E-state index in [4.69, 9.17) is 9.84 Å². The quantitative estimate of drug-likeness (QED) is 0.287. The van der Waals surface area contributed by atoms with Gasteiger partial charge in [0.2, 0.25) is 6.23 Å². The number of carbonyl (C=O) groups is 1. The van der Waals surface area contributed by atoms with Crippen molar-refractivity contribution in [3.8, 4) is 5.69 Å². The van der Waals surface area contributed by atoms with Crippen molar-refractivity contribution in [1.29, 1.82) is 0 Å². The van der Waals surface area contributed by atoms with Gasteiger partial charge < -0.3 is 14.9 Å². The summed E-state index contributed by atoms with van der Waals surface area (Å²) < 4.78 is 36.8. The van der Waals surface area contributed by atoms with Gasteiger partial charge in [-0.2, -0.15) is 8.78 Å². The van der Waals surface area contributed by atoms with Crippen LogP contribution in [0.25, 0.3) is 15.3 Å². The number of aromatic nitrogens is 3. The first-order chi connectivity index (χ1) is 17.7. The molecule has 3 heterocycles. The van der Waals surface area contributed by atoms with Crippen LogP contribution in [-0.4, -0.2) is 68.7 Å². The van der Waals surface area contributed by atoms with E-state index in [0.29, 0.717) is 15.5 Å². The van der Waals surface area contributed by atoms with Gasteiger partial charge in [0.05, 0.1) is 6.61 Å². The number of aliphatic hydroxyl groups excluding tert-OH is 2. The fourth-order valence-corrected chi connectivity index (χ4v) is 6.14. The van der Waals surface area contributed by atoms with Gasteiger partial charge in [-0.15, -0.1) is 0 Å². The van der Waals surface area contributed by atoms with Gasteiger partial charge >= 0.3 is 165 Å². The number of nitrogens with one attached hydrogen (secondary N) is 1. The maximum absolute atomic E-state index is 14.3. The molecule has 5 rings (SSSR count). The van der Waals surface area contributed by atoms with Crippen molar-refractivity contribution in [2.24, 2.45) is 0 Å². The van der Waals surface area contributed by atoms with Gasteiger partial charge in [-0.05, 0) is 0 Å². The molecule has 10 nitrogen and oxygen atoms in total. The molecule has 0 radical (unpaired) electrons. The maximum atomic E-state index is 14.3. The first kappa shape index (κ1) is 25.2. The summed E-state index contributed by atoms with van der Waals surface area (Å²) in [5, 5.41) is 21.9. The molecule has 0 spiro atoms. The number of halogens is 2. The molecule has 3 atom stereocenters. The molecule has 1 amide bonds. The second-order valence-corrected chi connectivity index (χ2v) is 10.5. The molecule has 37 heavy (non-hydrogen) atoms. The minimum absolute atomic E-state index is 0.0570. The Bertz CT molecular complexity index is 1580. The summed E-state index contributed by atoms with van der Waals surface area (Å²) in [6, 6.07) is 15.5. The van der Waals surface area contributed by atoms with Gasteiger partial charge in [0.1, 0.15) is 6.10 Å². The van der Waals surface area contributed by atoms with Crippen molar-refractivity contribution >= 4 is 36.1 Å². The molecule has 2 aromatic carbocycles. The monoisotopic (exact) mass is 578 g/mol. The number of alkyl halides is 2. The van der Waals surface area contributed by atoms with E-state index in [9.17, 15) is 28.3 Å². The first-order valence-electron chi connectivity index (χ1n) is 11.1. The van der Waals surface area contributed by atoms with E-state index in [1.165, 1.54) is 0 Å². The molecule has 0 aliphatic carbocycles. The SMILES string of the molecule is O=C(Cc1ccc(-n2[se]c3ccccc3c2=O)cc1)Nc1ccn(C2OC(CO)C(O)C2(F)F)c(=O)n1. The van der Waals surface area contributed by atoms with Crippen molar-refractivity contribution in [1.82, 2.24) is 13.1 Å². The molecule has 1 aliphatic heterocycles. The summed E-state index contributed by atoms with van der Waals surface area (Å²) in [6.07, 6.45) is -5.09. The van der Waals surface area contributed by atoms with Gasteiger partial charge in [0.25, 0.3) is 0 Å². The van der Waals surface area contributed by atoms with Crippen molar-refractivity contribution in [3.63, 3.8) is 0 Å². The molecule has 4 aromatic rings. The van der Waals surface area contributed by atoms with Crippen LogP contribution < -0.4 is 16.6 Å². The van der Waals surface area contributed by atoms with E-state index in [2.05, 4.69) is 10.3 Å². The summed E-state index contributed by atoms with van der Waals surface area (Å²) in [5.74, 6) is -4.48. The number of amides is 1. The molecule has 1 aliphatic rings. The third kappa shape index (κ3) is 4.67. The van der Waals surface area contributed by atoms with Crippen LogP contribution in [0.15, 0.2) is 70.4 Å². The minimum atomic E-state index is -3.83. The zero-order valence-corrected chi connectivity index (χ0v) is 20.7.